The van der Waals surface area contributed by atoms with Gasteiger partial charge in [-0.3, -0.25) is 9.59 Å². The topological polar surface area (TPSA) is 130 Å². The van der Waals surface area contributed by atoms with E-state index in [0.29, 0.717) is 11.3 Å². The van der Waals surface area contributed by atoms with Gasteiger partial charge in [0.25, 0.3) is 0 Å². The smallest absolute Gasteiger partial charge is 0.322 e. The Balaban J connectivity index is 3.07. The number of sulfonamides is 1. The van der Waals surface area contributed by atoms with Crippen LogP contribution >= 0.6 is 0 Å². The molecule has 0 spiro atoms. The van der Waals surface area contributed by atoms with Crippen LogP contribution in [-0.4, -0.2) is 43.7 Å². The quantitative estimate of drug-likeness (QED) is 0.655. The highest BCUT2D eigenvalue weighted by Crippen LogP contribution is 2.21. The number of methoxy groups -OCH3 is 1. The van der Waals surface area contributed by atoms with Crippen molar-refractivity contribution in [2.75, 3.05) is 7.11 Å². The molecule has 0 saturated carbocycles. The second-order valence-corrected chi connectivity index (χ2v) is 5.96. The third kappa shape index (κ3) is 4.43. The monoisotopic (exact) mass is 317 g/mol. The zero-order valence-electron chi connectivity index (χ0n) is 11.4. The Morgan fingerprint density at radius 2 is 1.95 bits per heavy atom. The molecule has 1 atom stereocenters. The minimum Gasteiger partial charge on any atom is -0.496 e. The van der Waals surface area contributed by atoms with Gasteiger partial charge in [-0.25, -0.2) is 8.42 Å². The molecule has 0 unspecified atom stereocenters. The van der Waals surface area contributed by atoms with Crippen molar-refractivity contribution in [2.24, 2.45) is 0 Å². The van der Waals surface area contributed by atoms with Crippen molar-refractivity contribution in [1.29, 1.82) is 0 Å². The second-order valence-electron chi connectivity index (χ2n) is 4.24. The van der Waals surface area contributed by atoms with Crippen LogP contribution in [0.2, 0.25) is 0 Å². The van der Waals surface area contributed by atoms with Crippen molar-refractivity contribution < 1.29 is 33.0 Å². The average Bonchev–Trinajstić information content (AvgIpc) is 2.36. The first-order valence-corrected chi connectivity index (χ1v) is 7.27. The van der Waals surface area contributed by atoms with E-state index in [1.807, 2.05) is 4.72 Å². The van der Waals surface area contributed by atoms with Crippen LogP contribution in [0.1, 0.15) is 12.0 Å². The summed E-state index contributed by atoms with van der Waals surface area (Å²) in [5, 5.41) is 17.5. The number of carboxylic acid groups (broad SMARTS) is 2. The zero-order valence-corrected chi connectivity index (χ0v) is 12.2. The summed E-state index contributed by atoms with van der Waals surface area (Å²) >= 11 is 0. The second kappa shape index (κ2) is 6.55. The normalized spacial score (nSPS) is 12.7. The third-order valence-electron chi connectivity index (χ3n) is 2.65. The molecule has 1 aromatic carbocycles. The molecule has 0 fully saturated rings. The van der Waals surface area contributed by atoms with Gasteiger partial charge in [0.05, 0.1) is 18.4 Å². The minimum atomic E-state index is -4.15. The van der Waals surface area contributed by atoms with Crippen molar-refractivity contribution in [3.05, 3.63) is 23.8 Å². The van der Waals surface area contributed by atoms with Crippen molar-refractivity contribution in [3.63, 3.8) is 0 Å². The maximum absolute atomic E-state index is 12.1. The molecule has 0 aliphatic carbocycles. The Bertz CT molecular complexity index is 654. The van der Waals surface area contributed by atoms with Crippen LogP contribution < -0.4 is 9.46 Å². The lowest BCUT2D eigenvalue weighted by molar-refractivity contribution is -0.145. The highest BCUT2D eigenvalue weighted by Gasteiger charge is 2.27. The number of hydrogen-bond acceptors (Lipinski definition) is 5. The molecule has 0 bridgehead atoms. The Morgan fingerprint density at radius 1 is 1.33 bits per heavy atom. The van der Waals surface area contributed by atoms with E-state index in [0.717, 1.165) is 0 Å². The number of carbonyl (C=O) groups is 2. The SMILES string of the molecule is COc1ccc(S(=O)(=O)N[C@H](CC(=O)O)C(=O)O)cc1C. The number of aryl methyl sites for hydroxylation is 1. The highest BCUT2D eigenvalue weighted by atomic mass is 32.2. The fourth-order valence-corrected chi connectivity index (χ4v) is 2.90. The lowest BCUT2D eigenvalue weighted by Crippen LogP contribution is -2.42. The van der Waals surface area contributed by atoms with Crippen LogP contribution in [0.25, 0.3) is 0 Å². The van der Waals surface area contributed by atoms with E-state index < -0.39 is 34.4 Å². The Hall–Kier alpha value is -2.13. The zero-order chi connectivity index (χ0) is 16.2. The number of ether oxygens (including phenoxy) is 1. The number of rotatable bonds is 7. The minimum absolute atomic E-state index is 0.169. The van der Waals surface area contributed by atoms with Crippen molar-refractivity contribution in [1.82, 2.24) is 4.72 Å². The standard InChI is InChI=1S/C12H15NO7S/c1-7-5-8(3-4-10(7)20-2)21(18,19)13-9(12(16)17)6-11(14)15/h3-5,9,13H,6H2,1-2H3,(H,14,15)(H,16,17)/t9-/m1/s1. The average molecular weight is 317 g/mol. The van der Waals surface area contributed by atoms with Crippen LogP contribution in [0.5, 0.6) is 5.75 Å². The molecule has 0 heterocycles. The van der Waals surface area contributed by atoms with Gasteiger partial charge in [0.2, 0.25) is 10.0 Å². The van der Waals surface area contributed by atoms with Crippen molar-refractivity contribution in [2.45, 2.75) is 24.3 Å². The van der Waals surface area contributed by atoms with E-state index in [9.17, 15) is 18.0 Å². The molecule has 9 heteroatoms. The Labute approximate surface area is 121 Å². The van der Waals surface area contributed by atoms with Gasteiger partial charge in [-0.2, -0.15) is 4.72 Å². The molecule has 8 nitrogen and oxygen atoms in total. The fraction of sp³-hybridized carbons (Fsp3) is 0.333. The molecule has 1 rings (SSSR count). The molecule has 0 saturated heterocycles. The van der Waals surface area contributed by atoms with Gasteiger partial charge in [-0.15, -0.1) is 0 Å². The largest absolute Gasteiger partial charge is 0.496 e. The van der Waals surface area contributed by atoms with Crippen LogP contribution in [0, 0.1) is 6.92 Å². The van der Waals surface area contributed by atoms with Gasteiger partial charge in [-0.1, -0.05) is 0 Å². The summed E-state index contributed by atoms with van der Waals surface area (Å²) in [6, 6.07) is 2.24. The van der Waals surface area contributed by atoms with Crippen LogP contribution in [0.15, 0.2) is 23.1 Å². The fourth-order valence-electron chi connectivity index (χ4n) is 1.63. The van der Waals surface area contributed by atoms with Gasteiger partial charge >= 0.3 is 11.9 Å². The summed E-state index contributed by atoms with van der Waals surface area (Å²) in [6.07, 6.45) is -0.857. The molecule has 0 amide bonds. The first-order chi connectivity index (χ1) is 9.67. The first-order valence-electron chi connectivity index (χ1n) is 5.79. The summed E-state index contributed by atoms with van der Waals surface area (Å²) in [5.41, 5.74) is 0.547. The van der Waals surface area contributed by atoms with Crippen LogP contribution in [0.4, 0.5) is 0 Å². The van der Waals surface area contributed by atoms with E-state index in [2.05, 4.69) is 0 Å². The summed E-state index contributed by atoms with van der Waals surface area (Å²) in [5.74, 6) is -2.50. The molecule has 0 aliphatic heterocycles. The molecular weight excluding hydrogens is 302 g/mol. The van der Waals surface area contributed by atoms with E-state index in [1.165, 1.54) is 25.3 Å². The summed E-state index contributed by atoms with van der Waals surface area (Å²) < 4.78 is 31.0. The van der Waals surface area contributed by atoms with Crippen LogP contribution in [0.3, 0.4) is 0 Å². The molecular formula is C12H15NO7S. The van der Waals surface area contributed by atoms with E-state index in [4.69, 9.17) is 14.9 Å². The highest BCUT2D eigenvalue weighted by molar-refractivity contribution is 7.89. The summed E-state index contributed by atoms with van der Waals surface area (Å²) in [7, 11) is -2.71. The third-order valence-corrected chi connectivity index (χ3v) is 4.12. The summed E-state index contributed by atoms with van der Waals surface area (Å²) in [4.78, 5) is 21.3. The van der Waals surface area contributed by atoms with Gasteiger partial charge < -0.3 is 14.9 Å². The van der Waals surface area contributed by atoms with Gasteiger partial charge in [0.15, 0.2) is 0 Å². The molecule has 1 aromatic rings. The summed E-state index contributed by atoms with van der Waals surface area (Å²) in [6.45, 7) is 1.63. The van der Waals surface area contributed by atoms with E-state index in [1.54, 1.807) is 6.92 Å². The predicted octanol–water partition coefficient (Wildman–Crippen LogP) is 0.210. The number of hydrogen-bond donors (Lipinski definition) is 3. The Morgan fingerprint density at radius 3 is 2.38 bits per heavy atom. The van der Waals surface area contributed by atoms with E-state index in [-0.39, 0.29) is 4.90 Å². The van der Waals surface area contributed by atoms with E-state index >= 15 is 0 Å². The number of aliphatic carboxylic acids is 2. The molecule has 116 valence electrons. The first kappa shape index (κ1) is 16.9. The molecule has 0 radical (unpaired) electrons. The maximum atomic E-state index is 12.1. The number of benzene rings is 1. The molecule has 0 aromatic heterocycles. The number of carboxylic acids is 2. The van der Waals surface area contributed by atoms with Gasteiger partial charge in [0.1, 0.15) is 11.8 Å². The van der Waals surface area contributed by atoms with Gasteiger partial charge in [0, 0.05) is 0 Å². The Kier molecular flexibility index (Phi) is 5.28. The maximum Gasteiger partial charge on any atom is 0.322 e. The molecule has 21 heavy (non-hydrogen) atoms. The van der Waals surface area contributed by atoms with Crippen LogP contribution in [-0.2, 0) is 19.6 Å². The van der Waals surface area contributed by atoms with Crippen molar-refractivity contribution >= 4 is 22.0 Å². The lowest BCUT2D eigenvalue weighted by Gasteiger charge is -2.14. The molecule has 0 aliphatic rings. The van der Waals surface area contributed by atoms with Gasteiger partial charge in [-0.05, 0) is 30.7 Å². The van der Waals surface area contributed by atoms with Crippen molar-refractivity contribution in [3.8, 4) is 5.75 Å². The molecule has 3 N–H and O–H groups in total. The lowest BCUT2D eigenvalue weighted by atomic mass is 10.2. The predicted molar refractivity (Wildman–Crippen MR) is 71.7 cm³/mol. The number of nitrogens with one attached hydrogen (secondary N) is 1.